The number of nitrogens with one attached hydrogen (secondary N) is 1. The van der Waals surface area contributed by atoms with Crippen molar-refractivity contribution in [3.63, 3.8) is 0 Å². The summed E-state index contributed by atoms with van der Waals surface area (Å²) in [6, 6.07) is 8.06. The van der Waals surface area contributed by atoms with Crippen LogP contribution in [-0.4, -0.2) is 43.7 Å². The molecule has 116 valence electrons. The first-order valence-electron chi connectivity index (χ1n) is 7.44. The Balaban J connectivity index is 1.85. The van der Waals surface area contributed by atoms with Crippen LogP contribution >= 0.6 is 11.6 Å². The molecule has 0 aromatic heterocycles. The first kappa shape index (κ1) is 16.3. The van der Waals surface area contributed by atoms with Gasteiger partial charge in [-0.25, -0.2) is 0 Å². The van der Waals surface area contributed by atoms with Crippen molar-refractivity contribution in [1.29, 1.82) is 0 Å². The van der Waals surface area contributed by atoms with Gasteiger partial charge < -0.3 is 15.0 Å². The molecule has 21 heavy (non-hydrogen) atoms. The molecule has 1 saturated heterocycles. The van der Waals surface area contributed by atoms with Crippen LogP contribution in [0.15, 0.2) is 24.3 Å². The van der Waals surface area contributed by atoms with Crippen molar-refractivity contribution in [1.82, 2.24) is 10.2 Å². The smallest absolute Gasteiger partial charge is 0.223 e. The lowest BCUT2D eigenvalue weighted by Crippen LogP contribution is -2.35. The van der Waals surface area contributed by atoms with E-state index in [4.69, 9.17) is 16.3 Å². The molecule has 1 amide bonds. The van der Waals surface area contributed by atoms with E-state index in [1.54, 1.807) is 7.11 Å². The second kappa shape index (κ2) is 8.37. The molecule has 2 rings (SSSR count). The van der Waals surface area contributed by atoms with E-state index >= 15 is 0 Å². The Morgan fingerprint density at radius 2 is 2.29 bits per heavy atom. The van der Waals surface area contributed by atoms with E-state index < -0.39 is 0 Å². The number of amides is 1. The monoisotopic (exact) mass is 310 g/mol. The molecular weight excluding hydrogens is 288 g/mol. The summed E-state index contributed by atoms with van der Waals surface area (Å²) in [5, 5.41) is 4.06. The number of carbonyl (C=O) groups excluding carboxylic acids is 1. The predicted octanol–water partition coefficient (Wildman–Crippen LogP) is 2.46. The highest BCUT2D eigenvalue weighted by atomic mass is 35.5. The molecule has 1 aliphatic heterocycles. The van der Waals surface area contributed by atoms with Gasteiger partial charge in [-0.05, 0) is 37.1 Å². The maximum Gasteiger partial charge on any atom is 0.223 e. The lowest BCUT2D eigenvalue weighted by Gasteiger charge is -2.25. The van der Waals surface area contributed by atoms with Gasteiger partial charge in [0.1, 0.15) is 0 Å². The van der Waals surface area contributed by atoms with Crippen LogP contribution in [0.1, 0.15) is 24.8 Å². The Labute approximate surface area is 131 Å². The highest BCUT2D eigenvalue weighted by Gasteiger charge is 2.30. The summed E-state index contributed by atoms with van der Waals surface area (Å²) < 4.78 is 5.00. The first-order chi connectivity index (χ1) is 10.2. The summed E-state index contributed by atoms with van der Waals surface area (Å²) in [4.78, 5) is 14.1. The maximum absolute atomic E-state index is 12.1. The number of ether oxygens (including phenoxy) is 1. The van der Waals surface area contributed by atoms with Gasteiger partial charge in [-0.15, -0.1) is 0 Å². The van der Waals surface area contributed by atoms with E-state index in [0.29, 0.717) is 19.0 Å². The van der Waals surface area contributed by atoms with Gasteiger partial charge in [-0.2, -0.15) is 0 Å². The lowest BCUT2D eigenvalue weighted by atomic mass is 10.1. The van der Waals surface area contributed by atoms with Crippen LogP contribution in [0.4, 0.5) is 0 Å². The normalized spacial score (nSPS) is 18.5. The zero-order valence-corrected chi connectivity index (χ0v) is 13.2. The zero-order valence-electron chi connectivity index (χ0n) is 12.5. The third-order valence-electron chi connectivity index (χ3n) is 3.83. The highest BCUT2D eigenvalue weighted by molar-refractivity contribution is 6.30. The minimum absolute atomic E-state index is 0.247. The Hall–Kier alpha value is -1.10. The molecule has 1 aromatic carbocycles. The number of halogens is 1. The number of nitrogens with zero attached hydrogens (tertiary/aromatic N) is 1. The molecule has 1 N–H and O–H groups in total. The first-order valence-corrected chi connectivity index (χ1v) is 7.82. The van der Waals surface area contributed by atoms with Crippen LogP contribution in [0.3, 0.4) is 0 Å². The van der Waals surface area contributed by atoms with Crippen molar-refractivity contribution < 1.29 is 9.53 Å². The summed E-state index contributed by atoms with van der Waals surface area (Å²) in [7, 11) is 1.70. The average Bonchev–Trinajstić information content (AvgIpc) is 2.80. The molecule has 1 aromatic rings. The average molecular weight is 311 g/mol. The number of benzene rings is 1. The molecule has 1 aliphatic rings. The van der Waals surface area contributed by atoms with Crippen molar-refractivity contribution in [3.05, 3.63) is 34.9 Å². The third kappa shape index (κ3) is 4.99. The van der Waals surface area contributed by atoms with Crippen molar-refractivity contribution in [2.75, 3.05) is 26.8 Å². The van der Waals surface area contributed by atoms with Crippen LogP contribution in [0.2, 0.25) is 5.02 Å². The van der Waals surface area contributed by atoms with E-state index in [1.807, 2.05) is 29.2 Å². The molecule has 0 radical (unpaired) electrons. The molecule has 1 heterocycles. The van der Waals surface area contributed by atoms with Crippen LogP contribution < -0.4 is 5.32 Å². The molecule has 5 heteroatoms. The van der Waals surface area contributed by atoms with Crippen molar-refractivity contribution in [2.45, 2.75) is 31.8 Å². The number of rotatable bonds is 8. The van der Waals surface area contributed by atoms with Crippen molar-refractivity contribution in [2.24, 2.45) is 0 Å². The number of likely N-dealkylation sites (tertiary alicyclic amines) is 1. The molecule has 1 unspecified atom stereocenters. The number of hydrogen-bond acceptors (Lipinski definition) is 3. The van der Waals surface area contributed by atoms with Gasteiger partial charge in [-0.1, -0.05) is 23.7 Å². The fourth-order valence-electron chi connectivity index (χ4n) is 2.71. The minimum atomic E-state index is 0.247. The van der Waals surface area contributed by atoms with E-state index in [1.165, 1.54) is 0 Å². The summed E-state index contributed by atoms with van der Waals surface area (Å²) in [6.45, 7) is 3.14. The molecule has 0 spiro atoms. The van der Waals surface area contributed by atoms with Crippen LogP contribution in [-0.2, 0) is 16.1 Å². The van der Waals surface area contributed by atoms with E-state index in [0.717, 1.165) is 43.1 Å². The molecule has 1 atom stereocenters. The lowest BCUT2D eigenvalue weighted by molar-refractivity contribution is -0.129. The topological polar surface area (TPSA) is 41.6 Å². The molecule has 0 saturated carbocycles. The number of carbonyl (C=O) groups is 1. The molecule has 0 bridgehead atoms. The maximum atomic E-state index is 12.1. The Kier molecular flexibility index (Phi) is 6.49. The predicted molar refractivity (Wildman–Crippen MR) is 84.4 cm³/mol. The fourth-order valence-corrected chi connectivity index (χ4v) is 2.92. The van der Waals surface area contributed by atoms with E-state index in [2.05, 4.69) is 5.32 Å². The summed E-state index contributed by atoms with van der Waals surface area (Å²) in [5.74, 6) is 0.247. The largest absolute Gasteiger partial charge is 0.383 e. The van der Waals surface area contributed by atoms with Gasteiger partial charge in [0.15, 0.2) is 0 Å². The highest BCUT2D eigenvalue weighted by Crippen LogP contribution is 2.24. The zero-order chi connectivity index (χ0) is 15.1. The van der Waals surface area contributed by atoms with Gasteiger partial charge in [0.25, 0.3) is 0 Å². The molecular formula is C16H23ClN2O2. The quantitative estimate of drug-likeness (QED) is 0.750. The Morgan fingerprint density at radius 3 is 3.05 bits per heavy atom. The van der Waals surface area contributed by atoms with Gasteiger partial charge in [0.05, 0.1) is 6.61 Å². The fraction of sp³-hybridized carbons (Fsp3) is 0.562. The second-order valence-electron chi connectivity index (χ2n) is 5.38. The van der Waals surface area contributed by atoms with Gasteiger partial charge in [0.2, 0.25) is 5.91 Å². The van der Waals surface area contributed by atoms with Crippen LogP contribution in [0.5, 0.6) is 0 Å². The minimum Gasteiger partial charge on any atom is -0.383 e. The third-order valence-corrected chi connectivity index (χ3v) is 4.07. The van der Waals surface area contributed by atoms with Crippen molar-refractivity contribution >= 4 is 17.5 Å². The molecule has 0 aliphatic carbocycles. The molecule has 4 nitrogen and oxygen atoms in total. The Morgan fingerprint density at radius 1 is 1.43 bits per heavy atom. The second-order valence-corrected chi connectivity index (χ2v) is 5.81. The summed E-state index contributed by atoms with van der Waals surface area (Å²) in [6.07, 6.45) is 2.59. The summed E-state index contributed by atoms with van der Waals surface area (Å²) in [5.41, 5.74) is 1.09. The Bertz CT molecular complexity index is 467. The van der Waals surface area contributed by atoms with Gasteiger partial charge >= 0.3 is 0 Å². The number of methoxy groups -OCH3 is 1. The SMILES string of the molecule is COCCNCCC1CCC(=O)N1Cc1cccc(Cl)c1. The van der Waals surface area contributed by atoms with E-state index in [-0.39, 0.29) is 5.91 Å². The van der Waals surface area contributed by atoms with Gasteiger partial charge in [0, 0.05) is 37.7 Å². The van der Waals surface area contributed by atoms with E-state index in [9.17, 15) is 4.79 Å². The number of hydrogen-bond donors (Lipinski definition) is 1. The van der Waals surface area contributed by atoms with Crippen LogP contribution in [0.25, 0.3) is 0 Å². The molecule has 1 fully saturated rings. The standard InChI is InChI=1S/C16H23ClN2O2/c1-21-10-9-18-8-7-15-5-6-16(20)19(15)12-13-3-2-4-14(17)11-13/h2-4,11,15,18H,5-10,12H2,1H3. The van der Waals surface area contributed by atoms with Crippen molar-refractivity contribution in [3.8, 4) is 0 Å². The van der Waals surface area contributed by atoms with Crippen LogP contribution in [0, 0.1) is 0 Å². The van der Waals surface area contributed by atoms with Gasteiger partial charge in [-0.3, -0.25) is 4.79 Å². The summed E-state index contributed by atoms with van der Waals surface area (Å²) >= 11 is 6.01.